The smallest absolute Gasteiger partial charge is 0.0917 e. The first-order chi connectivity index (χ1) is 10.7. The zero-order valence-electron chi connectivity index (χ0n) is 13.9. The molecule has 0 heterocycles. The van der Waals surface area contributed by atoms with E-state index in [9.17, 15) is 5.11 Å². The number of aliphatic hydroxyl groups excluding tert-OH is 1. The topological polar surface area (TPSA) is 41.9 Å². The molecular weight excluding hydrogens is 278 g/mol. The standard InChI is InChI=1S/C18H29NO3/c1-21-11-9-19(10-12-22-2)14-18(20)17-8-7-15-5-3-4-6-16(15)13-17/h7-8,13,18,20H,3-6,9-12,14H2,1-2H3. The molecule has 0 saturated heterocycles. The molecule has 1 N–H and O–H groups in total. The largest absolute Gasteiger partial charge is 0.387 e. The number of nitrogens with zero attached hydrogens (tertiary/aromatic N) is 1. The van der Waals surface area contributed by atoms with Crippen molar-refractivity contribution in [3.8, 4) is 0 Å². The van der Waals surface area contributed by atoms with Crippen LogP contribution in [0.1, 0.15) is 35.6 Å². The summed E-state index contributed by atoms with van der Waals surface area (Å²) in [5.41, 5.74) is 3.90. The van der Waals surface area contributed by atoms with Gasteiger partial charge >= 0.3 is 0 Å². The first-order valence-corrected chi connectivity index (χ1v) is 8.24. The van der Waals surface area contributed by atoms with Crippen LogP contribution in [0.25, 0.3) is 0 Å². The number of benzene rings is 1. The third kappa shape index (κ3) is 5.06. The molecule has 1 aliphatic carbocycles. The lowest BCUT2D eigenvalue weighted by atomic mass is 9.89. The summed E-state index contributed by atoms with van der Waals surface area (Å²) in [4.78, 5) is 2.19. The molecule has 0 aromatic heterocycles. The predicted octanol–water partition coefficient (Wildman–Crippen LogP) is 2.19. The van der Waals surface area contributed by atoms with E-state index in [4.69, 9.17) is 9.47 Å². The fourth-order valence-corrected chi connectivity index (χ4v) is 3.05. The van der Waals surface area contributed by atoms with Gasteiger partial charge in [0.2, 0.25) is 0 Å². The molecule has 0 aliphatic heterocycles. The molecule has 0 saturated carbocycles. The quantitative estimate of drug-likeness (QED) is 0.759. The molecule has 1 aliphatic rings. The molecule has 22 heavy (non-hydrogen) atoms. The second kappa shape index (κ2) is 9.26. The van der Waals surface area contributed by atoms with Gasteiger partial charge in [-0.25, -0.2) is 0 Å². The van der Waals surface area contributed by atoms with Crippen LogP contribution < -0.4 is 0 Å². The summed E-state index contributed by atoms with van der Waals surface area (Å²) >= 11 is 0. The summed E-state index contributed by atoms with van der Waals surface area (Å²) in [6.07, 6.45) is 4.42. The van der Waals surface area contributed by atoms with Crippen LogP contribution in [0.5, 0.6) is 0 Å². The van der Waals surface area contributed by atoms with Gasteiger partial charge in [0, 0.05) is 33.9 Å². The van der Waals surface area contributed by atoms with Crippen molar-refractivity contribution in [3.63, 3.8) is 0 Å². The van der Waals surface area contributed by atoms with Crippen LogP contribution in [0.3, 0.4) is 0 Å². The van der Waals surface area contributed by atoms with Crippen LogP contribution in [-0.4, -0.2) is 57.1 Å². The first-order valence-electron chi connectivity index (χ1n) is 8.24. The van der Waals surface area contributed by atoms with Crippen molar-refractivity contribution in [2.24, 2.45) is 0 Å². The number of hydrogen-bond acceptors (Lipinski definition) is 4. The van der Waals surface area contributed by atoms with Gasteiger partial charge in [0.05, 0.1) is 19.3 Å². The minimum absolute atomic E-state index is 0.457. The number of rotatable bonds is 9. The number of methoxy groups -OCH3 is 2. The van der Waals surface area contributed by atoms with Gasteiger partial charge in [-0.05, 0) is 42.4 Å². The van der Waals surface area contributed by atoms with E-state index in [0.717, 1.165) is 25.1 Å². The Labute approximate surface area is 134 Å². The Bertz CT molecular complexity index is 442. The molecule has 0 spiro atoms. The van der Waals surface area contributed by atoms with Crippen molar-refractivity contribution < 1.29 is 14.6 Å². The zero-order chi connectivity index (χ0) is 15.8. The molecule has 4 heteroatoms. The summed E-state index contributed by atoms with van der Waals surface area (Å²) in [7, 11) is 3.41. The van der Waals surface area contributed by atoms with E-state index in [0.29, 0.717) is 19.8 Å². The van der Waals surface area contributed by atoms with Crippen molar-refractivity contribution >= 4 is 0 Å². The van der Waals surface area contributed by atoms with Crippen LogP contribution in [0.15, 0.2) is 18.2 Å². The lowest BCUT2D eigenvalue weighted by Crippen LogP contribution is -2.34. The highest BCUT2D eigenvalue weighted by Crippen LogP contribution is 2.25. The van der Waals surface area contributed by atoms with E-state index >= 15 is 0 Å². The monoisotopic (exact) mass is 307 g/mol. The fraction of sp³-hybridized carbons (Fsp3) is 0.667. The van der Waals surface area contributed by atoms with Crippen LogP contribution in [0, 0.1) is 0 Å². The van der Waals surface area contributed by atoms with Gasteiger partial charge in [0.25, 0.3) is 0 Å². The Kier molecular flexibility index (Phi) is 7.33. The summed E-state index contributed by atoms with van der Waals surface area (Å²) in [5, 5.41) is 10.6. The van der Waals surface area contributed by atoms with Crippen LogP contribution in [0.4, 0.5) is 0 Å². The average molecular weight is 307 g/mol. The van der Waals surface area contributed by atoms with Crippen molar-refractivity contribution in [1.29, 1.82) is 0 Å². The molecule has 1 unspecified atom stereocenters. The highest BCUT2D eigenvalue weighted by Gasteiger charge is 2.16. The molecule has 2 rings (SSSR count). The second-order valence-electron chi connectivity index (χ2n) is 6.04. The summed E-state index contributed by atoms with van der Waals surface area (Å²) in [6, 6.07) is 6.48. The zero-order valence-corrected chi connectivity index (χ0v) is 13.9. The van der Waals surface area contributed by atoms with Crippen molar-refractivity contribution in [2.75, 3.05) is 47.1 Å². The molecule has 1 atom stereocenters. The van der Waals surface area contributed by atoms with E-state index in [2.05, 4.69) is 23.1 Å². The fourth-order valence-electron chi connectivity index (χ4n) is 3.05. The van der Waals surface area contributed by atoms with Gasteiger partial charge in [-0.2, -0.15) is 0 Å². The van der Waals surface area contributed by atoms with Gasteiger partial charge in [0.15, 0.2) is 0 Å². The highest BCUT2D eigenvalue weighted by atomic mass is 16.5. The molecule has 0 amide bonds. The predicted molar refractivity (Wildman–Crippen MR) is 88.2 cm³/mol. The van der Waals surface area contributed by atoms with Crippen molar-refractivity contribution in [3.05, 3.63) is 34.9 Å². The van der Waals surface area contributed by atoms with Crippen LogP contribution >= 0.6 is 0 Å². The summed E-state index contributed by atoms with van der Waals surface area (Å²) < 4.78 is 10.3. The second-order valence-corrected chi connectivity index (χ2v) is 6.04. The average Bonchev–Trinajstić information content (AvgIpc) is 2.56. The van der Waals surface area contributed by atoms with E-state index in [1.165, 1.54) is 30.4 Å². The molecular formula is C18H29NO3. The maximum Gasteiger partial charge on any atom is 0.0917 e. The normalized spacial score (nSPS) is 15.8. The molecule has 1 aromatic rings. The number of aryl methyl sites for hydroxylation is 2. The number of hydrogen-bond donors (Lipinski definition) is 1. The Hall–Kier alpha value is -0.940. The highest BCUT2D eigenvalue weighted by molar-refractivity contribution is 5.34. The number of fused-ring (bicyclic) bond motifs is 1. The van der Waals surface area contributed by atoms with Gasteiger partial charge < -0.3 is 14.6 Å². The lowest BCUT2D eigenvalue weighted by molar-refractivity contribution is 0.0696. The number of aliphatic hydroxyl groups is 1. The van der Waals surface area contributed by atoms with E-state index in [1.54, 1.807) is 14.2 Å². The SMILES string of the molecule is COCCN(CCOC)CC(O)c1ccc2c(c1)CCCC2. The maximum atomic E-state index is 10.6. The van der Waals surface area contributed by atoms with Crippen molar-refractivity contribution in [2.45, 2.75) is 31.8 Å². The lowest BCUT2D eigenvalue weighted by Gasteiger charge is -2.25. The van der Waals surface area contributed by atoms with Gasteiger partial charge in [-0.1, -0.05) is 18.2 Å². The van der Waals surface area contributed by atoms with E-state index in [1.807, 2.05) is 0 Å². The Morgan fingerprint density at radius 1 is 1.05 bits per heavy atom. The minimum Gasteiger partial charge on any atom is -0.387 e. The minimum atomic E-state index is -0.457. The molecule has 124 valence electrons. The molecule has 0 bridgehead atoms. The Morgan fingerprint density at radius 2 is 1.68 bits per heavy atom. The van der Waals surface area contributed by atoms with Gasteiger partial charge in [-0.15, -0.1) is 0 Å². The number of ether oxygens (including phenoxy) is 2. The van der Waals surface area contributed by atoms with Crippen LogP contribution in [-0.2, 0) is 22.3 Å². The summed E-state index contributed by atoms with van der Waals surface area (Å²) in [6.45, 7) is 3.57. The van der Waals surface area contributed by atoms with Gasteiger partial charge in [0.1, 0.15) is 0 Å². The van der Waals surface area contributed by atoms with E-state index in [-0.39, 0.29) is 0 Å². The molecule has 0 radical (unpaired) electrons. The third-order valence-corrected chi connectivity index (χ3v) is 4.41. The third-order valence-electron chi connectivity index (χ3n) is 4.41. The van der Waals surface area contributed by atoms with E-state index < -0.39 is 6.10 Å². The van der Waals surface area contributed by atoms with Crippen molar-refractivity contribution in [1.82, 2.24) is 4.90 Å². The van der Waals surface area contributed by atoms with Gasteiger partial charge in [-0.3, -0.25) is 4.90 Å². The van der Waals surface area contributed by atoms with Crippen LogP contribution in [0.2, 0.25) is 0 Å². The summed E-state index contributed by atoms with van der Waals surface area (Å²) in [5.74, 6) is 0. The first kappa shape index (κ1) is 17.4. The Morgan fingerprint density at radius 3 is 2.32 bits per heavy atom. The molecule has 0 fully saturated rings. The molecule has 1 aromatic carbocycles. The molecule has 4 nitrogen and oxygen atoms in total. The Balaban J connectivity index is 1.97. The maximum absolute atomic E-state index is 10.6.